The van der Waals surface area contributed by atoms with Gasteiger partial charge in [-0.1, -0.05) is 40.5 Å². The Labute approximate surface area is 124 Å². The summed E-state index contributed by atoms with van der Waals surface area (Å²) in [5, 5.41) is 3.42. The second kappa shape index (κ2) is 7.99. The Hall–Kier alpha value is -0.610. The second-order valence-corrected chi connectivity index (χ2v) is 6.15. The second-order valence-electron chi connectivity index (χ2n) is 6.15. The Morgan fingerprint density at radius 2 is 1.90 bits per heavy atom. The van der Waals surface area contributed by atoms with Gasteiger partial charge in [0.2, 0.25) is 5.91 Å². The fourth-order valence-electron chi connectivity index (χ4n) is 3.16. The molecule has 20 heavy (non-hydrogen) atoms. The predicted octanol–water partition coefficient (Wildman–Crippen LogP) is 1.99. The highest BCUT2D eigenvalue weighted by atomic mass is 16.1. The van der Waals surface area contributed by atoms with Crippen LogP contribution in [-0.2, 0) is 4.79 Å². The van der Waals surface area contributed by atoms with E-state index in [1.54, 1.807) is 0 Å². The molecule has 1 unspecified atom stereocenters. The molecule has 4 nitrogen and oxygen atoms in total. The van der Waals surface area contributed by atoms with Crippen LogP contribution in [0.15, 0.2) is 0 Å². The largest absolute Gasteiger partial charge is 0.368 e. The van der Waals surface area contributed by atoms with Crippen LogP contribution >= 0.6 is 0 Å². The highest BCUT2D eigenvalue weighted by molar-refractivity contribution is 5.86. The van der Waals surface area contributed by atoms with E-state index >= 15 is 0 Å². The van der Waals surface area contributed by atoms with Crippen LogP contribution < -0.4 is 11.1 Å². The van der Waals surface area contributed by atoms with Crippen molar-refractivity contribution >= 4 is 5.91 Å². The fraction of sp³-hybridized carbons (Fsp3) is 0.938. The van der Waals surface area contributed by atoms with Crippen LogP contribution in [0.3, 0.4) is 0 Å². The van der Waals surface area contributed by atoms with Crippen LogP contribution in [0, 0.1) is 11.8 Å². The molecular weight excluding hydrogens is 250 g/mol. The molecule has 0 aliphatic heterocycles. The summed E-state index contributed by atoms with van der Waals surface area (Å²) in [5.74, 6) is 0.960. The Balaban J connectivity index is 2.77. The number of hydrogen-bond acceptors (Lipinski definition) is 3. The summed E-state index contributed by atoms with van der Waals surface area (Å²) in [6.07, 6.45) is 4.64. The first-order chi connectivity index (χ1) is 9.53. The molecule has 118 valence electrons. The van der Waals surface area contributed by atoms with E-state index in [1.165, 1.54) is 12.8 Å². The number of carbonyl (C=O) groups is 1. The number of nitrogens with two attached hydrogens (primary N) is 1. The maximum atomic E-state index is 12.1. The van der Waals surface area contributed by atoms with Gasteiger partial charge in [0, 0.05) is 13.1 Å². The van der Waals surface area contributed by atoms with Gasteiger partial charge in [-0.05, 0) is 37.8 Å². The van der Waals surface area contributed by atoms with Crippen molar-refractivity contribution in [1.29, 1.82) is 0 Å². The van der Waals surface area contributed by atoms with E-state index in [0.29, 0.717) is 11.8 Å². The van der Waals surface area contributed by atoms with Gasteiger partial charge < -0.3 is 16.0 Å². The molecule has 0 saturated heterocycles. The molecule has 1 saturated carbocycles. The summed E-state index contributed by atoms with van der Waals surface area (Å²) in [5.41, 5.74) is 5.25. The third kappa shape index (κ3) is 4.19. The highest BCUT2D eigenvalue weighted by Crippen LogP contribution is 2.40. The average Bonchev–Trinajstić information content (AvgIpc) is 3.26. The van der Waals surface area contributed by atoms with Crippen molar-refractivity contribution in [2.75, 3.05) is 26.2 Å². The van der Waals surface area contributed by atoms with Gasteiger partial charge in [-0.2, -0.15) is 0 Å². The van der Waals surface area contributed by atoms with Crippen LogP contribution in [0.1, 0.15) is 53.4 Å². The van der Waals surface area contributed by atoms with Gasteiger partial charge in [-0.3, -0.25) is 4.79 Å². The van der Waals surface area contributed by atoms with Crippen molar-refractivity contribution in [3.8, 4) is 0 Å². The quantitative estimate of drug-likeness (QED) is 0.609. The molecule has 0 aromatic carbocycles. The first kappa shape index (κ1) is 17.4. The molecule has 3 N–H and O–H groups in total. The highest BCUT2D eigenvalue weighted by Gasteiger charge is 2.50. The number of nitrogens with zero attached hydrogens (tertiary/aromatic N) is 1. The summed E-state index contributed by atoms with van der Waals surface area (Å²) in [6.45, 7) is 12.3. The summed E-state index contributed by atoms with van der Waals surface area (Å²) < 4.78 is 0. The van der Waals surface area contributed by atoms with Gasteiger partial charge in [0.15, 0.2) is 0 Å². The molecule has 0 aromatic rings. The van der Waals surface area contributed by atoms with Gasteiger partial charge in [0.25, 0.3) is 0 Å². The van der Waals surface area contributed by atoms with Crippen LogP contribution in [-0.4, -0.2) is 42.5 Å². The third-order valence-corrected chi connectivity index (χ3v) is 4.80. The molecule has 0 aromatic heterocycles. The minimum atomic E-state index is -0.517. The number of hydrogen-bond donors (Lipinski definition) is 2. The van der Waals surface area contributed by atoms with E-state index in [2.05, 4.69) is 37.9 Å². The van der Waals surface area contributed by atoms with Crippen molar-refractivity contribution in [1.82, 2.24) is 10.2 Å². The number of carbonyl (C=O) groups excluding carboxylic acids is 1. The predicted molar refractivity (Wildman–Crippen MR) is 84.5 cm³/mol. The molecule has 1 aliphatic carbocycles. The zero-order chi connectivity index (χ0) is 15.2. The monoisotopic (exact) mass is 283 g/mol. The van der Waals surface area contributed by atoms with Gasteiger partial charge in [0.1, 0.15) is 5.54 Å². The number of likely N-dealkylation sites (N-methyl/N-ethyl adjacent to an activating group) is 2. The van der Waals surface area contributed by atoms with Crippen molar-refractivity contribution < 1.29 is 4.79 Å². The van der Waals surface area contributed by atoms with Crippen molar-refractivity contribution in [2.45, 2.75) is 58.9 Å². The van der Waals surface area contributed by atoms with Gasteiger partial charge in [-0.15, -0.1) is 0 Å². The van der Waals surface area contributed by atoms with E-state index in [4.69, 9.17) is 5.73 Å². The molecule has 0 bridgehead atoms. The average molecular weight is 283 g/mol. The number of rotatable bonds is 11. The lowest BCUT2D eigenvalue weighted by molar-refractivity contribution is -0.126. The Bertz CT molecular complexity index is 300. The topological polar surface area (TPSA) is 58.4 Å². The summed E-state index contributed by atoms with van der Waals surface area (Å²) >= 11 is 0. The SMILES string of the molecule is CCNC(CN(CC)CC(CC)CC)(C(N)=O)C1CC1. The molecule has 1 rings (SSSR count). The Morgan fingerprint density at radius 3 is 2.25 bits per heavy atom. The lowest BCUT2D eigenvalue weighted by Gasteiger charge is -2.38. The lowest BCUT2D eigenvalue weighted by Crippen LogP contribution is -2.63. The zero-order valence-electron chi connectivity index (χ0n) is 13.7. The van der Waals surface area contributed by atoms with Crippen molar-refractivity contribution in [2.24, 2.45) is 17.6 Å². The van der Waals surface area contributed by atoms with Crippen molar-refractivity contribution in [3.63, 3.8) is 0 Å². The lowest BCUT2D eigenvalue weighted by atomic mass is 9.90. The van der Waals surface area contributed by atoms with E-state index in [9.17, 15) is 4.79 Å². The van der Waals surface area contributed by atoms with E-state index in [1.807, 2.05) is 0 Å². The third-order valence-electron chi connectivity index (χ3n) is 4.80. The molecule has 4 heteroatoms. The van der Waals surface area contributed by atoms with Gasteiger partial charge in [-0.25, -0.2) is 0 Å². The normalized spacial score (nSPS) is 18.5. The summed E-state index contributed by atoms with van der Waals surface area (Å²) in [6, 6.07) is 0. The molecule has 0 spiro atoms. The zero-order valence-corrected chi connectivity index (χ0v) is 13.7. The first-order valence-electron chi connectivity index (χ1n) is 8.31. The first-order valence-corrected chi connectivity index (χ1v) is 8.31. The molecule has 1 atom stereocenters. The molecule has 1 amide bonds. The Morgan fingerprint density at radius 1 is 1.30 bits per heavy atom. The van der Waals surface area contributed by atoms with Crippen LogP contribution in [0.25, 0.3) is 0 Å². The number of nitrogens with one attached hydrogen (secondary N) is 1. The van der Waals surface area contributed by atoms with Crippen LogP contribution in [0.5, 0.6) is 0 Å². The maximum Gasteiger partial charge on any atom is 0.239 e. The molecular formula is C16H33N3O. The molecule has 1 aliphatic rings. The summed E-state index contributed by atoms with van der Waals surface area (Å²) in [7, 11) is 0. The standard InChI is InChI=1S/C16H33N3O/c1-5-13(6-2)11-19(8-4)12-16(15(17)20,18-7-3)14-9-10-14/h13-14,18H,5-12H2,1-4H3,(H2,17,20). The minimum Gasteiger partial charge on any atom is -0.368 e. The number of primary amides is 1. The fourth-order valence-corrected chi connectivity index (χ4v) is 3.16. The maximum absolute atomic E-state index is 12.1. The van der Waals surface area contributed by atoms with E-state index < -0.39 is 5.54 Å². The van der Waals surface area contributed by atoms with E-state index in [0.717, 1.165) is 39.0 Å². The van der Waals surface area contributed by atoms with E-state index in [-0.39, 0.29) is 5.91 Å². The van der Waals surface area contributed by atoms with Gasteiger partial charge in [0.05, 0.1) is 0 Å². The molecule has 0 radical (unpaired) electrons. The van der Waals surface area contributed by atoms with Crippen LogP contribution in [0.4, 0.5) is 0 Å². The number of amides is 1. The smallest absolute Gasteiger partial charge is 0.239 e. The molecule has 0 heterocycles. The molecule has 1 fully saturated rings. The Kier molecular flexibility index (Phi) is 6.96. The van der Waals surface area contributed by atoms with Crippen molar-refractivity contribution in [3.05, 3.63) is 0 Å². The minimum absolute atomic E-state index is 0.176. The van der Waals surface area contributed by atoms with Gasteiger partial charge >= 0.3 is 0 Å². The van der Waals surface area contributed by atoms with Crippen LogP contribution in [0.2, 0.25) is 0 Å². The summed E-state index contributed by atoms with van der Waals surface area (Å²) in [4.78, 5) is 14.5.